The summed E-state index contributed by atoms with van der Waals surface area (Å²) in [6.45, 7) is 2.59. The highest BCUT2D eigenvalue weighted by molar-refractivity contribution is 7.80. The number of rotatable bonds is 6. The number of nitrogens with one attached hydrogen (secondary N) is 2. The quantitative estimate of drug-likeness (QED) is 0.794. The zero-order valence-electron chi connectivity index (χ0n) is 12.7. The Morgan fingerprint density at radius 2 is 1.77 bits per heavy atom. The van der Waals surface area contributed by atoms with Crippen molar-refractivity contribution in [3.05, 3.63) is 54.6 Å². The van der Waals surface area contributed by atoms with Crippen molar-refractivity contribution in [3.63, 3.8) is 0 Å². The minimum atomic E-state index is 0.132. The summed E-state index contributed by atoms with van der Waals surface area (Å²) in [5.74, 6) is 1.50. The van der Waals surface area contributed by atoms with E-state index in [1.54, 1.807) is 7.11 Å². The molecule has 0 saturated heterocycles. The van der Waals surface area contributed by atoms with Crippen molar-refractivity contribution < 1.29 is 9.47 Å². The van der Waals surface area contributed by atoms with Gasteiger partial charge in [0.1, 0.15) is 5.75 Å². The van der Waals surface area contributed by atoms with Gasteiger partial charge >= 0.3 is 0 Å². The fraction of sp³-hybridized carbons (Fsp3) is 0.235. The largest absolute Gasteiger partial charge is 0.455 e. The maximum atomic E-state index is 5.89. The van der Waals surface area contributed by atoms with E-state index in [-0.39, 0.29) is 6.04 Å². The van der Waals surface area contributed by atoms with Crippen LogP contribution in [0.5, 0.6) is 11.5 Å². The van der Waals surface area contributed by atoms with E-state index in [1.165, 1.54) is 0 Å². The second-order valence-electron chi connectivity index (χ2n) is 4.87. The van der Waals surface area contributed by atoms with Gasteiger partial charge < -0.3 is 20.1 Å². The van der Waals surface area contributed by atoms with Crippen LogP contribution in [0.2, 0.25) is 0 Å². The Bertz CT molecular complexity index is 605. The Balaban J connectivity index is 2.03. The number of hydrogen-bond acceptors (Lipinski definition) is 3. The first-order chi connectivity index (χ1) is 10.7. The van der Waals surface area contributed by atoms with Gasteiger partial charge in [0.15, 0.2) is 10.9 Å². The van der Waals surface area contributed by atoms with Gasteiger partial charge in [0.25, 0.3) is 0 Å². The van der Waals surface area contributed by atoms with E-state index in [0.29, 0.717) is 11.7 Å². The van der Waals surface area contributed by atoms with Crippen LogP contribution >= 0.6 is 12.2 Å². The molecule has 2 rings (SSSR count). The topological polar surface area (TPSA) is 42.5 Å². The molecule has 22 heavy (non-hydrogen) atoms. The molecule has 0 saturated carbocycles. The summed E-state index contributed by atoms with van der Waals surface area (Å²) in [6.07, 6.45) is 0. The predicted molar refractivity (Wildman–Crippen MR) is 93.7 cm³/mol. The molecule has 0 aliphatic rings. The second-order valence-corrected chi connectivity index (χ2v) is 5.27. The molecule has 2 aromatic carbocycles. The fourth-order valence-electron chi connectivity index (χ4n) is 1.95. The third-order valence-electron chi connectivity index (χ3n) is 2.90. The zero-order valence-corrected chi connectivity index (χ0v) is 13.5. The average molecular weight is 316 g/mol. The van der Waals surface area contributed by atoms with Crippen molar-refractivity contribution in [2.24, 2.45) is 0 Å². The molecule has 1 unspecified atom stereocenters. The molecule has 116 valence electrons. The maximum absolute atomic E-state index is 5.89. The summed E-state index contributed by atoms with van der Waals surface area (Å²) in [7, 11) is 1.66. The molecule has 2 aromatic rings. The van der Waals surface area contributed by atoms with Crippen LogP contribution in [0.4, 0.5) is 5.69 Å². The molecule has 1 atom stereocenters. The maximum Gasteiger partial charge on any atom is 0.171 e. The van der Waals surface area contributed by atoms with E-state index in [2.05, 4.69) is 10.6 Å². The highest BCUT2D eigenvalue weighted by atomic mass is 32.1. The zero-order chi connectivity index (χ0) is 15.8. The van der Waals surface area contributed by atoms with Crippen LogP contribution < -0.4 is 15.4 Å². The van der Waals surface area contributed by atoms with Crippen LogP contribution in [-0.2, 0) is 4.74 Å². The fourth-order valence-corrected chi connectivity index (χ4v) is 2.26. The van der Waals surface area contributed by atoms with Gasteiger partial charge in [-0.2, -0.15) is 0 Å². The van der Waals surface area contributed by atoms with Crippen LogP contribution in [0.15, 0.2) is 54.6 Å². The van der Waals surface area contributed by atoms with Crippen LogP contribution in [-0.4, -0.2) is 24.9 Å². The van der Waals surface area contributed by atoms with E-state index in [1.807, 2.05) is 61.5 Å². The molecular weight excluding hydrogens is 296 g/mol. The lowest BCUT2D eigenvalue weighted by Crippen LogP contribution is -2.38. The van der Waals surface area contributed by atoms with E-state index in [4.69, 9.17) is 21.7 Å². The SMILES string of the molecule is COCC(C)NC(=S)Nc1ccccc1Oc1ccccc1. The molecule has 0 aliphatic carbocycles. The van der Waals surface area contributed by atoms with E-state index < -0.39 is 0 Å². The summed E-state index contributed by atoms with van der Waals surface area (Å²) in [6, 6.07) is 17.5. The molecule has 0 aromatic heterocycles. The number of ether oxygens (including phenoxy) is 2. The van der Waals surface area contributed by atoms with Gasteiger partial charge in [-0.15, -0.1) is 0 Å². The first-order valence-electron chi connectivity index (χ1n) is 7.07. The van der Waals surface area contributed by atoms with Gasteiger partial charge in [-0.1, -0.05) is 30.3 Å². The molecular formula is C17H20N2O2S. The van der Waals surface area contributed by atoms with Gasteiger partial charge in [-0.25, -0.2) is 0 Å². The van der Waals surface area contributed by atoms with Gasteiger partial charge in [0.2, 0.25) is 0 Å². The Labute approximate surface area is 136 Å². The van der Waals surface area contributed by atoms with Crippen LogP contribution in [0, 0.1) is 0 Å². The van der Waals surface area contributed by atoms with Crippen molar-refractivity contribution >= 4 is 23.0 Å². The lowest BCUT2D eigenvalue weighted by Gasteiger charge is -2.18. The Kier molecular flexibility index (Phi) is 6.18. The minimum absolute atomic E-state index is 0.132. The second kappa shape index (κ2) is 8.36. The first-order valence-corrected chi connectivity index (χ1v) is 7.48. The lowest BCUT2D eigenvalue weighted by atomic mass is 10.3. The van der Waals surface area contributed by atoms with Crippen LogP contribution in [0.1, 0.15) is 6.92 Å². The number of benzene rings is 2. The van der Waals surface area contributed by atoms with E-state index in [0.717, 1.165) is 17.2 Å². The summed E-state index contributed by atoms with van der Waals surface area (Å²) in [5.41, 5.74) is 0.813. The summed E-state index contributed by atoms with van der Waals surface area (Å²) in [5, 5.41) is 6.86. The van der Waals surface area contributed by atoms with Gasteiger partial charge in [-0.3, -0.25) is 0 Å². The van der Waals surface area contributed by atoms with Crippen molar-refractivity contribution in [3.8, 4) is 11.5 Å². The first kappa shape index (κ1) is 16.3. The minimum Gasteiger partial charge on any atom is -0.455 e. The third kappa shape index (κ3) is 5.02. The highest BCUT2D eigenvalue weighted by Crippen LogP contribution is 2.28. The molecule has 0 radical (unpaired) electrons. The molecule has 0 heterocycles. The lowest BCUT2D eigenvalue weighted by molar-refractivity contribution is 0.179. The molecule has 5 heteroatoms. The summed E-state index contributed by atoms with van der Waals surface area (Å²) >= 11 is 5.32. The number of methoxy groups -OCH3 is 1. The molecule has 0 spiro atoms. The van der Waals surface area contributed by atoms with Gasteiger partial charge in [-0.05, 0) is 43.4 Å². The average Bonchev–Trinajstić information content (AvgIpc) is 2.50. The van der Waals surface area contributed by atoms with Crippen molar-refractivity contribution in [2.75, 3.05) is 19.0 Å². The Morgan fingerprint density at radius 3 is 2.50 bits per heavy atom. The normalized spacial score (nSPS) is 11.5. The monoisotopic (exact) mass is 316 g/mol. The Morgan fingerprint density at radius 1 is 1.09 bits per heavy atom. The summed E-state index contributed by atoms with van der Waals surface area (Å²) < 4.78 is 11.0. The van der Waals surface area contributed by atoms with E-state index >= 15 is 0 Å². The molecule has 2 N–H and O–H groups in total. The smallest absolute Gasteiger partial charge is 0.171 e. The molecule has 4 nitrogen and oxygen atoms in total. The molecule has 0 fully saturated rings. The number of anilines is 1. The summed E-state index contributed by atoms with van der Waals surface area (Å²) in [4.78, 5) is 0. The number of para-hydroxylation sites is 3. The highest BCUT2D eigenvalue weighted by Gasteiger charge is 2.08. The Hall–Kier alpha value is -2.11. The van der Waals surface area contributed by atoms with Crippen LogP contribution in [0.25, 0.3) is 0 Å². The number of thiocarbonyl (C=S) groups is 1. The third-order valence-corrected chi connectivity index (χ3v) is 3.12. The van der Waals surface area contributed by atoms with Gasteiger partial charge in [0, 0.05) is 13.2 Å². The van der Waals surface area contributed by atoms with Crippen molar-refractivity contribution in [1.29, 1.82) is 0 Å². The van der Waals surface area contributed by atoms with Gasteiger partial charge in [0.05, 0.1) is 12.3 Å². The predicted octanol–water partition coefficient (Wildman–Crippen LogP) is 3.80. The number of hydrogen-bond donors (Lipinski definition) is 2. The molecule has 0 amide bonds. The van der Waals surface area contributed by atoms with Crippen LogP contribution in [0.3, 0.4) is 0 Å². The van der Waals surface area contributed by atoms with E-state index in [9.17, 15) is 0 Å². The molecule has 0 bridgehead atoms. The van der Waals surface area contributed by atoms with Crippen molar-refractivity contribution in [2.45, 2.75) is 13.0 Å². The van der Waals surface area contributed by atoms with Crippen molar-refractivity contribution in [1.82, 2.24) is 5.32 Å². The molecule has 0 aliphatic heterocycles. The standard InChI is InChI=1S/C17H20N2O2S/c1-13(12-20-2)18-17(22)19-15-10-6-7-11-16(15)21-14-8-4-3-5-9-14/h3-11,13H,12H2,1-2H3,(H2,18,19,22).